The van der Waals surface area contributed by atoms with Crippen LogP contribution in [0.3, 0.4) is 0 Å². The van der Waals surface area contributed by atoms with Crippen molar-refractivity contribution in [3.8, 4) is 0 Å². The summed E-state index contributed by atoms with van der Waals surface area (Å²) in [7, 11) is -1.09. The smallest absolute Gasteiger partial charge is 0.0642 e. The third-order valence-electron chi connectivity index (χ3n) is 3.01. The molecule has 1 aliphatic rings. The minimum Gasteiger partial charge on any atom is -0.392 e. The van der Waals surface area contributed by atoms with Gasteiger partial charge in [-0.1, -0.05) is 43.8 Å². The van der Waals surface area contributed by atoms with E-state index >= 15 is 0 Å². The molecule has 1 nitrogen and oxygen atoms in total. The lowest BCUT2D eigenvalue weighted by Crippen LogP contribution is -2.20. The van der Waals surface area contributed by atoms with Crippen molar-refractivity contribution in [1.82, 2.24) is 0 Å². The van der Waals surface area contributed by atoms with Gasteiger partial charge in [0.05, 0.1) is 6.61 Å². The van der Waals surface area contributed by atoms with Gasteiger partial charge in [-0.15, -0.1) is 0 Å². The summed E-state index contributed by atoms with van der Waals surface area (Å²) in [4.78, 5) is 0. The fourth-order valence-electron chi connectivity index (χ4n) is 2.26. The number of hydrogen-bond donors (Lipinski definition) is 1. The van der Waals surface area contributed by atoms with Crippen LogP contribution in [0.2, 0.25) is 25.7 Å². The maximum atomic E-state index is 9.34. The van der Waals surface area contributed by atoms with Gasteiger partial charge in [-0.05, 0) is 37.3 Å². The Morgan fingerprint density at radius 1 is 1.19 bits per heavy atom. The van der Waals surface area contributed by atoms with Gasteiger partial charge in [0.1, 0.15) is 0 Å². The molecule has 1 fully saturated rings. The lowest BCUT2D eigenvalue weighted by atomic mass is 9.94. The molecule has 0 aromatic carbocycles. The average Bonchev–Trinajstić information content (AvgIpc) is 2.24. The zero-order chi connectivity index (χ0) is 12.0. The minimum atomic E-state index is -1.09. The highest BCUT2D eigenvalue weighted by atomic mass is 28.3. The maximum absolute atomic E-state index is 9.34. The molecule has 1 rings (SSSR count). The first-order chi connectivity index (χ1) is 7.51. The molecule has 0 saturated heterocycles. The minimum absolute atomic E-state index is 0.230. The number of aliphatic hydroxyl groups excluding tert-OH is 1. The second-order valence-electron chi connectivity index (χ2n) is 6.11. The second-order valence-corrected chi connectivity index (χ2v) is 11.6. The van der Waals surface area contributed by atoms with E-state index in [9.17, 15) is 5.11 Å². The fourth-order valence-corrected chi connectivity index (χ4v) is 3.85. The Hall–Kier alpha value is -0.343. The average molecular weight is 238 g/mol. The van der Waals surface area contributed by atoms with Gasteiger partial charge in [0.15, 0.2) is 0 Å². The van der Waals surface area contributed by atoms with Crippen molar-refractivity contribution in [3.05, 3.63) is 23.3 Å². The molecule has 0 spiro atoms. The van der Waals surface area contributed by atoms with Crippen LogP contribution < -0.4 is 0 Å². The van der Waals surface area contributed by atoms with E-state index in [-0.39, 0.29) is 6.61 Å². The quantitative estimate of drug-likeness (QED) is 0.730. The molecule has 0 aromatic rings. The molecule has 92 valence electrons. The molecule has 1 saturated carbocycles. The van der Waals surface area contributed by atoms with Crippen LogP contribution in [-0.4, -0.2) is 19.8 Å². The SMILES string of the molecule is C[Si](C)(C)C/C(=C/C=C1CCCCC1)CO. The number of aliphatic hydroxyl groups is 1. The molecule has 0 amide bonds. The third-order valence-corrected chi connectivity index (χ3v) is 4.53. The van der Waals surface area contributed by atoms with Crippen molar-refractivity contribution in [1.29, 1.82) is 0 Å². The van der Waals surface area contributed by atoms with Crippen molar-refractivity contribution in [2.24, 2.45) is 0 Å². The number of hydrogen-bond acceptors (Lipinski definition) is 1. The van der Waals surface area contributed by atoms with Crippen LogP contribution in [0.5, 0.6) is 0 Å². The third kappa shape index (κ3) is 5.66. The van der Waals surface area contributed by atoms with E-state index in [4.69, 9.17) is 0 Å². The topological polar surface area (TPSA) is 20.2 Å². The number of rotatable bonds is 4. The van der Waals surface area contributed by atoms with Gasteiger partial charge in [0.2, 0.25) is 0 Å². The Balaban J connectivity index is 2.57. The molecule has 0 atom stereocenters. The van der Waals surface area contributed by atoms with Crippen LogP contribution in [0.4, 0.5) is 0 Å². The van der Waals surface area contributed by atoms with E-state index in [0.29, 0.717) is 0 Å². The summed E-state index contributed by atoms with van der Waals surface area (Å²) >= 11 is 0. The summed E-state index contributed by atoms with van der Waals surface area (Å²) in [5, 5.41) is 9.34. The molecule has 0 bridgehead atoms. The van der Waals surface area contributed by atoms with Crippen molar-refractivity contribution in [2.45, 2.75) is 57.8 Å². The summed E-state index contributed by atoms with van der Waals surface area (Å²) in [6, 6.07) is 1.12. The highest BCUT2D eigenvalue weighted by Crippen LogP contribution is 2.23. The summed E-state index contributed by atoms with van der Waals surface area (Å²) in [5.74, 6) is 0. The monoisotopic (exact) mass is 238 g/mol. The zero-order valence-electron chi connectivity index (χ0n) is 11.1. The predicted molar refractivity (Wildman–Crippen MR) is 74.5 cm³/mol. The van der Waals surface area contributed by atoms with E-state index < -0.39 is 8.07 Å². The largest absolute Gasteiger partial charge is 0.392 e. The molecule has 0 radical (unpaired) electrons. The standard InChI is InChI=1S/C14H26OSi/c1-16(2,3)12-14(11-15)10-9-13-7-5-4-6-8-13/h9-10,15H,4-8,11-12H2,1-3H3/b14-10+. The Bertz CT molecular complexity index is 263. The Morgan fingerprint density at radius 2 is 1.81 bits per heavy atom. The van der Waals surface area contributed by atoms with Crippen LogP contribution in [-0.2, 0) is 0 Å². The van der Waals surface area contributed by atoms with E-state index in [0.717, 1.165) is 6.04 Å². The number of allylic oxidation sites excluding steroid dienone is 3. The highest BCUT2D eigenvalue weighted by Gasteiger charge is 2.14. The van der Waals surface area contributed by atoms with Gasteiger partial charge in [-0.25, -0.2) is 0 Å². The van der Waals surface area contributed by atoms with Crippen molar-refractivity contribution >= 4 is 8.07 Å². The molecule has 0 aromatic heterocycles. The van der Waals surface area contributed by atoms with Crippen LogP contribution >= 0.6 is 0 Å². The van der Waals surface area contributed by atoms with Gasteiger partial charge in [0, 0.05) is 8.07 Å². The summed E-state index contributed by atoms with van der Waals surface area (Å²) in [6.45, 7) is 7.28. The van der Waals surface area contributed by atoms with Crippen LogP contribution in [0.1, 0.15) is 32.1 Å². The van der Waals surface area contributed by atoms with Crippen molar-refractivity contribution < 1.29 is 5.11 Å². The van der Waals surface area contributed by atoms with Crippen molar-refractivity contribution in [2.75, 3.05) is 6.61 Å². The molecule has 0 unspecified atom stereocenters. The van der Waals surface area contributed by atoms with Gasteiger partial charge in [-0.2, -0.15) is 0 Å². The Morgan fingerprint density at radius 3 is 2.31 bits per heavy atom. The molecule has 0 aliphatic heterocycles. The fraction of sp³-hybridized carbons (Fsp3) is 0.714. The van der Waals surface area contributed by atoms with Crippen LogP contribution in [0.15, 0.2) is 23.3 Å². The Labute approximate surface area is 101 Å². The van der Waals surface area contributed by atoms with Gasteiger partial charge in [-0.3, -0.25) is 0 Å². The molecule has 1 aliphatic carbocycles. The van der Waals surface area contributed by atoms with Crippen LogP contribution in [0.25, 0.3) is 0 Å². The summed E-state index contributed by atoms with van der Waals surface area (Å²) < 4.78 is 0. The normalized spacial score (nSPS) is 18.8. The van der Waals surface area contributed by atoms with E-state index in [1.165, 1.54) is 37.7 Å². The van der Waals surface area contributed by atoms with Crippen molar-refractivity contribution in [3.63, 3.8) is 0 Å². The second kappa shape index (κ2) is 6.41. The van der Waals surface area contributed by atoms with Crippen LogP contribution in [0, 0.1) is 0 Å². The highest BCUT2D eigenvalue weighted by molar-refractivity contribution is 6.76. The zero-order valence-corrected chi connectivity index (χ0v) is 12.1. The van der Waals surface area contributed by atoms with Gasteiger partial charge >= 0.3 is 0 Å². The van der Waals surface area contributed by atoms with E-state index in [1.54, 1.807) is 5.57 Å². The Kier molecular flexibility index (Phi) is 5.49. The molecule has 0 heterocycles. The first-order valence-electron chi connectivity index (χ1n) is 6.49. The van der Waals surface area contributed by atoms with E-state index in [1.807, 2.05) is 0 Å². The first-order valence-corrected chi connectivity index (χ1v) is 10.2. The summed E-state index contributed by atoms with van der Waals surface area (Å²) in [6.07, 6.45) is 11.1. The predicted octanol–water partition coefficient (Wildman–Crippen LogP) is 4.13. The molecular weight excluding hydrogens is 212 g/mol. The molecule has 16 heavy (non-hydrogen) atoms. The van der Waals surface area contributed by atoms with E-state index in [2.05, 4.69) is 31.8 Å². The lowest BCUT2D eigenvalue weighted by molar-refractivity contribution is 0.331. The first kappa shape index (κ1) is 13.7. The van der Waals surface area contributed by atoms with Gasteiger partial charge < -0.3 is 5.11 Å². The summed E-state index contributed by atoms with van der Waals surface area (Å²) in [5.41, 5.74) is 2.80. The maximum Gasteiger partial charge on any atom is 0.0642 e. The lowest BCUT2D eigenvalue weighted by Gasteiger charge is -2.17. The molecule has 2 heteroatoms. The molecular formula is C14H26OSi. The van der Waals surface area contributed by atoms with Gasteiger partial charge in [0.25, 0.3) is 0 Å². The molecule has 1 N–H and O–H groups in total.